The topological polar surface area (TPSA) is 102 Å². The molecule has 3 aromatic carbocycles. The fraction of sp³-hybridized carbons (Fsp3) is 0.343. The maximum absolute atomic E-state index is 12.9. The lowest BCUT2D eigenvalue weighted by Crippen LogP contribution is -2.23. The summed E-state index contributed by atoms with van der Waals surface area (Å²) in [5.74, 6) is 0.965. The minimum Gasteiger partial charge on any atom is -0.493 e. The Balaban J connectivity index is 1.36. The zero-order valence-electron chi connectivity index (χ0n) is 24.5. The average Bonchev–Trinajstić information content (AvgIpc) is 3.38. The van der Waals surface area contributed by atoms with Gasteiger partial charge in [0.2, 0.25) is 5.89 Å². The number of hydrogen-bond donors (Lipinski definition) is 2. The number of aryl methyl sites for hydroxylation is 3. The van der Waals surface area contributed by atoms with Crippen LogP contribution in [0.3, 0.4) is 0 Å². The van der Waals surface area contributed by atoms with Crippen molar-refractivity contribution in [2.24, 2.45) is 0 Å². The summed E-state index contributed by atoms with van der Waals surface area (Å²) >= 11 is 0. The van der Waals surface area contributed by atoms with E-state index in [1.165, 1.54) is 24.8 Å². The molecule has 42 heavy (non-hydrogen) atoms. The molecule has 0 fully saturated rings. The highest BCUT2D eigenvalue weighted by molar-refractivity contribution is 5.94. The van der Waals surface area contributed by atoms with Crippen LogP contribution in [0.2, 0.25) is 0 Å². The number of oxazole rings is 1. The molecule has 4 aromatic rings. The van der Waals surface area contributed by atoms with Gasteiger partial charge in [0.15, 0.2) is 0 Å². The first kappa shape index (κ1) is 30.6. The van der Waals surface area contributed by atoms with Gasteiger partial charge in [-0.15, -0.1) is 0 Å². The predicted octanol–water partition coefficient (Wildman–Crippen LogP) is 7.34. The molecule has 0 unspecified atom stereocenters. The van der Waals surface area contributed by atoms with Gasteiger partial charge in [-0.25, -0.2) is 4.98 Å². The Morgan fingerprint density at radius 1 is 0.905 bits per heavy atom. The molecule has 0 radical (unpaired) electrons. The SMILES string of the molecule is CCCCCCc1ccc(C(=O)NCc2cc(OCCc3nc(-c4ccccc4)oc3C)ccc2CCC(=O)O)cc1. The Morgan fingerprint density at radius 3 is 2.43 bits per heavy atom. The largest absolute Gasteiger partial charge is 0.493 e. The predicted molar refractivity (Wildman–Crippen MR) is 164 cm³/mol. The van der Waals surface area contributed by atoms with Crippen LogP contribution in [0.5, 0.6) is 5.75 Å². The van der Waals surface area contributed by atoms with Crippen molar-refractivity contribution in [1.82, 2.24) is 10.3 Å². The van der Waals surface area contributed by atoms with Gasteiger partial charge in [0.25, 0.3) is 5.91 Å². The van der Waals surface area contributed by atoms with E-state index in [0.29, 0.717) is 36.7 Å². The number of carboxylic acid groups (broad SMARTS) is 1. The summed E-state index contributed by atoms with van der Waals surface area (Å²) in [6, 6.07) is 23.1. The number of carbonyl (C=O) groups is 2. The van der Waals surface area contributed by atoms with Crippen molar-refractivity contribution < 1.29 is 23.8 Å². The van der Waals surface area contributed by atoms with Crippen LogP contribution >= 0.6 is 0 Å². The zero-order chi connectivity index (χ0) is 29.7. The van der Waals surface area contributed by atoms with E-state index in [9.17, 15) is 14.7 Å². The molecule has 1 aromatic heterocycles. The van der Waals surface area contributed by atoms with Gasteiger partial charge in [-0.05, 0) is 79.3 Å². The lowest BCUT2D eigenvalue weighted by Gasteiger charge is -2.14. The molecule has 0 saturated carbocycles. The molecule has 0 aliphatic carbocycles. The van der Waals surface area contributed by atoms with Crippen LogP contribution in [-0.4, -0.2) is 28.6 Å². The number of hydrogen-bond acceptors (Lipinski definition) is 5. The second kappa shape index (κ2) is 15.6. The third-order valence-corrected chi connectivity index (χ3v) is 7.28. The Bertz CT molecular complexity index is 1440. The van der Waals surface area contributed by atoms with Crippen molar-refractivity contribution in [2.45, 2.75) is 71.8 Å². The highest BCUT2D eigenvalue weighted by atomic mass is 16.5. The van der Waals surface area contributed by atoms with Crippen molar-refractivity contribution in [3.63, 3.8) is 0 Å². The van der Waals surface area contributed by atoms with Crippen molar-refractivity contribution in [2.75, 3.05) is 6.61 Å². The van der Waals surface area contributed by atoms with Crippen LogP contribution in [0.15, 0.2) is 77.2 Å². The fourth-order valence-electron chi connectivity index (χ4n) is 4.83. The molecule has 4 rings (SSSR count). The number of aliphatic carboxylic acids is 1. The van der Waals surface area contributed by atoms with E-state index in [0.717, 1.165) is 41.0 Å². The molecule has 0 atom stereocenters. The number of carbonyl (C=O) groups excluding carboxylic acids is 1. The third-order valence-electron chi connectivity index (χ3n) is 7.28. The summed E-state index contributed by atoms with van der Waals surface area (Å²) in [4.78, 5) is 28.8. The van der Waals surface area contributed by atoms with Crippen LogP contribution < -0.4 is 10.1 Å². The number of ether oxygens (including phenoxy) is 1. The molecule has 220 valence electrons. The number of amides is 1. The molecule has 0 aliphatic rings. The quantitative estimate of drug-likeness (QED) is 0.137. The summed E-state index contributed by atoms with van der Waals surface area (Å²) in [6.07, 6.45) is 6.81. The van der Waals surface area contributed by atoms with Crippen molar-refractivity contribution in [3.05, 3.63) is 107 Å². The van der Waals surface area contributed by atoms with Crippen molar-refractivity contribution in [1.29, 1.82) is 0 Å². The maximum atomic E-state index is 12.9. The molecular weight excluding hydrogens is 528 g/mol. The van der Waals surface area contributed by atoms with Crippen molar-refractivity contribution >= 4 is 11.9 Å². The molecule has 0 saturated heterocycles. The van der Waals surface area contributed by atoms with E-state index in [1.807, 2.05) is 79.7 Å². The highest BCUT2D eigenvalue weighted by Crippen LogP contribution is 2.23. The highest BCUT2D eigenvalue weighted by Gasteiger charge is 2.13. The minimum atomic E-state index is -0.863. The Hall–Kier alpha value is -4.39. The number of benzene rings is 3. The second-order valence-corrected chi connectivity index (χ2v) is 10.5. The smallest absolute Gasteiger partial charge is 0.303 e. The minimum absolute atomic E-state index is 0.00997. The van der Waals surface area contributed by atoms with Gasteiger partial charge < -0.3 is 19.6 Å². The molecule has 1 amide bonds. The maximum Gasteiger partial charge on any atom is 0.303 e. The third kappa shape index (κ3) is 9.06. The molecule has 0 spiro atoms. The van der Waals surface area contributed by atoms with Gasteiger partial charge in [0.05, 0.1) is 12.3 Å². The number of unbranched alkanes of at least 4 members (excludes halogenated alkanes) is 3. The van der Waals surface area contributed by atoms with Crippen LogP contribution in [-0.2, 0) is 30.6 Å². The molecule has 0 bridgehead atoms. The summed E-state index contributed by atoms with van der Waals surface area (Å²) in [5.41, 5.74) is 5.30. The lowest BCUT2D eigenvalue weighted by atomic mass is 10.0. The standard InChI is InChI=1S/C35H40N2O5/c1-3-4-5-7-10-26-13-15-28(16-14-26)34(40)36-24-30-23-31(19-17-27(30)18-20-33(38)39)41-22-21-32-25(2)42-35(37-32)29-11-8-6-9-12-29/h6,8-9,11-17,19,23H,3-5,7,10,18,20-22,24H2,1-2H3,(H,36,40)(H,38,39). The Morgan fingerprint density at radius 2 is 1.69 bits per heavy atom. The Labute approximate surface area is 248 Å². The Kier molecular flexibility index (Phi) is 11.3. The summed E-state index contributed by atoms with van der Waals surface area (Å²) in [6.45, 7) is 4.77. The first-order valence-corrected chi connectivity index (χ1v) is 14.8. The second-order valence-electron chi connectivity index (χ2n) is 10.5. The lowest BCUT2D eigenvalue weighted by molar-refractivity contribution is -0.136. The summed E-state index contributed by atoms with van der Waals surface area (Å²) < 4.78 is 11.9. The molecule has 7 heteroatoms. The molecular formula is C35H40N2O5. The van der Waals surface area contributed by atoms with E-state index in [2.05, 4.69) is 17.2 Å². The van der Waals surface area contributed by atoms with E-state index in [4.69, 9.17) is 9.15 Å². The van der Waals surface area contributed by atoms with Crippen LogP contribution in [0, 0.1) is 6.92 Å². The summed E-state index contributed by atoms with van der Waals surface area (Å²) in [5, 5.41) is 12.2. The first-order chi connectivity index (χ1) is 20.4. The number of aromatic nitrogens is 1. The zero-order valence-corrected chi connectivity index (χ0v) is 24.5. The van der Waals surface area contributed by atoms with E-state index in [-0.39, 0.29) is 18.9 Å². The number of nitrogens with zero attached hydrogens (tertiary/aromatic N) is 1. The van der Waals surface area contributed by atoms with Gasteiger partial charge >= 0.3 is 5.97 Å². The fourth-order valence-corrected chi connectivity index (χ4v) is 4.83. The van der Waals surface area contributed by atoms with Gasteiger partial charge in [-0.3, -0.25) is 9.59 Å². The molecule has 7 nitrogen and oxygen atoms in total. The van der Waals surface area contributed by atoms with Gasteiger partial charge in [0, 0.05) is 30.5 Å². The molecule has 2 N–H and O–H groups in total. The van der Waals surface area contributed by atoms with E-state index in [1.54, 1.807) is 0 Å². The van der Waals surface area contributed by atoms with E-state index >= 15 is 0 Å². The van der Waals surface area contributed by atoms with Crippen LogP contribution in [0.1, 0.15) is 77.5 Å². The van der Waals surface area contributed by atoms with Crippen molar-refractivity contribution in [3.8, 4) is 17.2 Å². The van der Waals surface area contributed by atoms with Crippen LogP contribution in [0.4, 0.5) is 0 Å². The van der Waals surface area contributed by atoms with Gasteiger partial charge in [-0.1, -0.05) is 62.6 Å². The number of nitrogens with one attached hydrogen (secondary N) is 1. The monoisotopic (exact) mass is 568 g/mol. The first-order valence-electron chi connectivity index (χ1n) is 14.8. The molecule has 0 aliphatic heterocycles. The average molecular weight is 569 g/mol. The number of carboxylic acids is 1. The molecule has 1 heterocycles. The van der Waals surface area contributed by atoms with E-state index < -0.39 is 5.97 Å². The number of rotatable bonds is 16. The van der Waals surface area contributed by atoms with Gasteiger partial charge in [0.1, 0.15) is 11.5 Å². The van der Waals surface area contributed by atoms with Crippen LogP contribution in [0.25, 0.3) is 11.5 Å². The van der Waals surface area contributed by atoms with Gasteiger partial charge in [-0.2, -0.15) is 0 Å². The summed E-state index contributed by atoms with van der Waals surface area (Å²) in [7, 11) is 0. The normalized spacial score (nSPS) is 10.9.